The van der Waals surface area contributed by atoms with Gasteiger partial charge in [-0.2, -0.15) is 0 Å². The SMILES string of the molecule is CN1CCN(c2ccc(C(=O)O)nn2)CC1.Cl.Cl. The maximum absolute atomic E-state index is 10.6. The van der Waals surface area contributed by atoms with Crippen LogP contribution in [0.4, 0.5) is 5.82 Å². The van der Waals surface area contributed by atoms with Crippen molar-refractivity contribution in [1.29, 1.82) is 0 Å². The number of hydrogen-bond donors (Lipinski definition) is 1. The van der Waals surface area contributed by atoms with Crippen LogP contribution in [-0.4, -0.2) is 59.4 Å². The molecule has 1 N–H and O–H groups in total. The van der Waals surface area contributed by atoms with Crippen LogP contribution in [0.25, 0.3) is 0 Å². The van der Waals surface area contributed by atoms with E-state index in [1.165, 1.54) is 6.07 Å². The number of anilines is 1. The molecule has 0 amide bonds. The molecule has 2 heterocycles. The minimum atomic E-state index is -1.04. The molecule has 1 aliphatic rings. The minimum Gasteiger partial charge on any atom is -0.476 e. The molecule has 0 atom stereocenters. The molecule has 0 bridgehead atoms. The monoisotopic (exact) mass is 294 g/mol. The van der Waals surface area contributed by atoms with Crippen molar-refractivity contribution >= 4 is 36.6 Å². The van der Waals surface area contributed by atoms with Crippen molar-refractivity contribution in [2.24, 2.45) is 0 Å². The zero-order chi connectivity index (χ0) is 11.5. The number of halogens is 2. The molecule has 2 rings (SSSR count). The number of nitrogens with zero attached hydrogens (tertiary/aromatic N) is 4. The molecular formula is C10H16Cl2N4O2. The molecule has 0 unspecified atom stereocenters. The van der Waals surface area contributed by atoms with E-state index < -0.39 is 5.97 Å². The fourth-order valence-electron chi connectivity index (χ4n) is 1.64. The van der Waals surface area contributed by atoms with Gasteiger partial charge in [0, 0.05) is 26.2 Å². The molecule has 8 heteroatoms. The first-order valence-corrected chi connectivity index (χ1v) is 5.17. The van der Waals surface area contributed by atoms with Crippen LogP contribution < -0.4 is 4.90 Å². The molecule has 0 saturated carbocycles. The van der Waals surface area contributed by atoms with Crippen molar-refractivity contribution in [3.63, 3.8) is 0 Å². The lowest BCUT2D eigenvalue weighted by molar-refractivity contribution is 0.0689. The van der Waals surface area contributed by atoms with Crippen molar-refractivity contribution in [3.05, 3.63) is 17.8 Å². The van der Waals surface area contributed by atoms with Crippen LogP contribution in [-0.2, 0) is 0 Å². The molecule has 1 aliphatic heterocycles. The van der Waals surface area contributed by atoms with Crippen LogP contribution >= 0.6 is 24.8 Å². The Kier molecular flexibility index (Phi) is 6.90. The highest BCUT2D eigenvalue weighted by atomic mass is 35.5. The Hall–Kier alpha value is -1.11. The minimum absolute atomic E-state index is 0. The van der Waals surface area contributed by atoms with Crippen LogP contribution in [0.1, 0.15) is 10.5 Å². The molecule has 1 aromatic rings. The van der Waals surface area contributed by atoms with Crippen LogP contribution in [0.3, 0.4) is 0 Å². The van der Waals surface area contributed by atoms with Crippen molar-refractivity contribution in [2.45, 2.75) is 0 Å². The molecule has 0 aromatic carbocycles. The first-order chi connectivity index (χ1) is 7.66. The quantitative estimate of drug-likeness (QED) is 0.869. The molecular weight excluding hydrogens is 279 g/mol. The Morgan fingerprint density at radius 1 is 1.17 bits per heavy atom. The summed E-state index contributed by atoms with van der Waals surface area (Å²) < 4.78 is 0. The van der Waals surface area contributed by atoms with Gasteiger partial charge >= 0.3 is 5.97 Å². The Balaban J connectivity index is 0.00000144. The Labute approximate surface area is 118 Å². The van der Waals surface area contributed by atoms with Crippen LogP contribution in [0.5, 0.6) is 0 Å². The number of likely N-dealkylation sites (N-methyl/N-ethyl adjacent to an activating group) is 1. The fourth-order valence-corrected chi connectivity index (χ4v) is 1.64. The van der Waals surface area contributed by atoms with Gasteiger partial charge in [-0.15, -0.1) is 35.0 Å². The number of carboxylic acid groups (broad SMARTS) is 1. The molecule has 0 radical (unpaired) electrons. The third-order valence-corrected chi connectivity index (χ3v) is 2.70. The third kappa shape index (κ3) is 3.97. The normalized spacial score (nSPS) is 15.5. The van der Waals surface area contributed by atoms with Gasteiger partial charge in [0.1, 0.15) is 0 Å². The lowest BCUT2D eigenvalue weighted by Gasteiger charge is -2.32. The number of rotatable bonds is 2. The molecule has 0 aliphatic carbocycles. The molecule has 1 saturated heterocycles. The van der Waals surface area contributed by atoms with Crippen LogP contribution in [0.2, 0.25) is 0 Å². The molecule has 1 fully saturated rings. The van der Waals surface area contributed by atoms with Crippen LogP contribution in [0, 0.1) is 0 Å². The predicted octanol–water partition coefficient (Wildman–Crippen LogP) is 0.770. The van der Waals surface area contributed by atoms with Gasteiger partial charge in [-0.1, -0.05) is 0 Å². The molecule has 0 spiro atoms. The Bertz CT molecular complexity index is 380. The lowest BCUT2D eigenvalue weighted by Crippen LogP contribution is -2.44. The highest BCUT2D eigenvalue weighted by molar-refractivity contribution is 5.86. The molecule has 18 heavy (non-hydrogen) atoms. The predicted molar refractivity (Wildman–Crippen MR) is 73.2 cm³/mol. The topological polar surface area (TPSA) is 69.6 Å². The summed E-state index contributed by atoms with van der Waals surface area (Å²) in [6.07, 6.45) is 0. The number of hydrogen-bond acceptors (Lipinski definition) is 5. The van der Waals surface area contributed by atoms with E-state index >= 15 is 0 Å². The van der Waals surface area contributed by atoms with Gasteiger partial charge in [0.05, 0.1) is 0 Å². The summed E-state index contributed by atoms with van der Waals surface area (Å²) in [4.78, 5) is 15.0. The number of aromatic nitrogens is 2. The maximum Gasteiger partial charge on any atom is 0.356 e. The van der Waals surface area contributed by atoms with Gasteiger partial charge in [-0.3, -0.25) is 0 Å². The number of aromatic carboxylic acids is 1. The molecule has 102 valence electrons. The number of carboxylic acids is 1. The van der Waals surface area contributed by atoms with E-state index in [4.69, 9.17) is 5.11 Å². The zero-order valence-electron chi connectivity index (χ0n) is 9.94. The van der Waals surface area contributed by atoms with Crippen molar-refractivity contribution in [2.75, 3.05) is 38.1 Å². The summed E-state index contributed by atoms with van der Waals surface area (Å²) in [5.74, 6) is -0.296. The summed E-state index contributed by atoms with van der Waals surface area (Å²) in [6, 6.07) is 3.20. The van der Waals surface area contributed by atoms with Gasteiger partial charge in [-0.05, 0) is 19.2 Å². The fraction of sp³-hybridized carbons (Fsp3) is 0.500. The van der Waals surface area contributed by atoms with E-state index in [-0.39, 0.29) is 30.5 Å². The first kappa shape index (κ1) is 16.9. The van der Waals surface area contributed by atoms with E-state index in [9.17, 15) is 4.79 Å². The van der Waals surface area contributed by atoms with Crippen molar-refractivity contribution < 1.29 is 9.90 Å². The van der Waals surface area contributed by atoms with Gasteiger partial charge in [-0.25, -0.2) is 4.79 Å². The van der Waals surface area contributed by atoms with Gasteiger partial charge in [0.25, 0.3) is 0 Å². The highest BCUT2D eigenvalue weighted by Gasteiger charge is 2.16. The van der Waals surface area contributed by atoms with Crippen LogP contribution in [0.15, 0.2) is 12.1 Å². The van der Waals surface area contributed by atoms with E-state index in [0.29, 0.717) is 0 Å². The maximum atomic E-state index is 10.6. The van der Waals surface area contributed by atoms with Crippen molar-refractivity contribution in [3.8, 4) is 0 Å². The second-order valence-electron chi connectivity index (χ2n) is 3.87. The number of carbonyl (C=O) groups is 1. The van der Waals surface area contributed by atoms with E-state index in [1.54, 1.807) is 6.07 Å². The summed E-state index contributed by atoms with van der Waals surface area (Å²) >= 11 is 0. The lowest BCUT2D eigenvalue weighted by atomic mass is 10.3. The molecule has 6 nitrogen and oxygen atoms in total. The third-order valence-electron chi connectivity index (χ3n) is 2.70. The average Bonchev–Trinajstić information content (AvgIpc) is 2.30. The second-order valence-corrected chi connectivity index (χ2v) is 3.87. The van der Waals surface area contributed by atoms with Gasteiger partial charge < -0.3 is 14.9 Å². The average molecular weight is 295 g/mol. The molecule has 1 aromatic heterocycles. The summed E-state index contributed by atoms with van der Waals surface area (Å²) in [7, 11) is 2.08. The smallest absolute Gasteiger partial charge is 0.356 e. The number of piperazine rings is 1. The van der Waals surface area contributed by atoms with E-state index in [1.807, 2.05) is 0 Å². The van der Waals surface area contributed by atoms with Gasteiger partial charge in [0.2, 0.25) is 0 Å². The summed E-state index contributed by atoms with van der Waals surface area (Å²) in [6.45, 7) is 3.78. The highest BCUT2D eigenvalue weighted by Crippen LogP contribution is 2.11. The Morgan fingerprint density at radius 3 is 2.22 bits per heavy atom. The van der Waals surface area contributed by atoms with E-state index in [2.05, 4.69) is 27.0 Å². The largest absolute Gasteiger partial charge is 0.476 e. The summed E-state index contributed by atoms with van der Waals surface area (Å²) in [5, 5.41) is 16.3. The van der Waals surface area contributed by atoms with Crippen molar-refractivity contribution in [1.82, 2.24) is 15.1 Å². The summed E-state index contributed by atoms with van der Waals surface area (Å²) in [5.41, 5.74) is -0.0159. The Morgan fingerprint density at radius 2 is 1.78 bits per heavy atom. The van der Waals surface area contributed by atoms with E-state index in [0.717, 1.165) is 32.0 Å². The first-order valence-electron chi connectivity index (χ1n) is 5.17. The second kappa shape index (κ2) is 7.35. The zero-order valence-corrected chi connectivity index (χ0v) is 11.6. The standard InChI is InChI=1S/C10H14N4O2.2ClH/c1-13-4-6-14(7-5-13)9-3-2-8(10(15)16)11-12-9;;/h2-3H,4-7H2,1H3,(H,15,16);2*1H. The van der Waals surface area contributed by atoms with Gasteiger partial charge in [0.15, 0.2) is 11.5 Å².